The van der Waals surface area contributed by atoms with Crippen molar-refractivity contribution < 1.29 is 4.79 Å². The Morgan fingerprint density at radius 1 is 1.43 bits per heavy atom. The topological polar surface area (TPSA) is 32.3 Å². The average molecular weight is 320 g/mol. The Balaban J connectivity index is 1.94. The molecule has 0 bridgehead atoms. The zero-order chi connectivity index (χ0) is 15.0. The molecule has 1 fully saturated rings. The minimum absolute atomic E-state index is 0.0123. The van der Waals surface area contributed by atoms with E-state index in [1.165, 1.54) is 16.0 Å². The highest BCUT2D eigenvalue weighted by molar-refractivity contribution is 7.10. The first kappa shape index (κ1) is 14.8. The van der Waals surface area contributed by atoms with Gasteiger partial charge in [0.15, 0.2) is 0 Å². The van der Waals surface area contributed by atoms with Gasteiger partial charge < -0.3 is 4.90 Å². The molecule has 3 nitrogen and oxygen atoms in total. The number of carbonyl (C=O) groups is 1. The van der Waals surface area contributed by atoms with Gasteiger partial charge in [-0.15, -0.1) is 11.3 Å². The molecule has 2 atom stereocenters. The maximum atomic E-state index is 12.9. The summed E-state index contributed by atoms with van der Waals surface area (Å²) in [4.78, 5) is 16.1. The number of carbonyl (C=O) groups excluding carboxylic acids is 1. The number of amides is 1. The van der Waals surface area contributed by atoms with E-state index < -0.39 is 5.54 Å². The molecular formula is C16H20N2OS2. The highest BCUT2D eigenvalue weighted by Crippen LogP contribution is 2.36. The first-order chi connectivity index (χ1) is 10.0. The first-order valence-corrected chi connectivity index (χ1v) is 9.01. The smallest absolute Gasteiger partial charge is 0.244 e. The molecule has 1 saturated heterocycles. The molecule has 2 aromatic rings. The molecule has 112 valence electrons. The van der Waals surface area contributed by atoms with E-state index in [1.807, 2.05) is 17.9 Å². The van der Waals surface area contributed by atoms with Crippen molar-refractivity contribution in [2.24, 2.45) is 0 Å². The maximum Gasteiger partial charge on any atom is 0.244 e. The SMILES string of the molecule is CCC1(C)NC(c2cccs2)N(Cc2cscc2C)C1=O. The van der Waals surface area contributed by atoms with E-state index in [-0.39, 0.29) is 12.1 Å². The summed E-state index contributed by atoms with van der Waals surface area (Å²) in [5.74, 6) is 0.203. The van der Waals surface area contributed by atoms with E-state index in [2.05, 4.69) is 41.4 Å². The summed E-state index contributed by atoms with van der Waals surface area (Å²) in [5.41, 5.74) is 2.05. The van der Waals surface area contributed by atoms with Gasteiger partial charge in [-0.1, -0.05) is 13.0 Å². The molecule has 0 aliphatic carbocycles. The van der Waals surface area contributed by atoms with Crippen LogP contribution in [0.2, 0.25) is 0 Å². The minimum Gasteiger partial charge on any atom is -0.316 e. The van der Waals surface area contributed by atoms with Gasteiger partial charge in [0.2, 0.25) is 5.91 Å². The van der Waals surface area contributed by atoms with Crippen LogP contribution in [0.5, 0.6) is 0 Å². The number of hydrogen-bond donors (Lipinski definition) is 1. The molecule has 3 rings (SSSR count). The Bertz CT molecular complexity index is 635. The van der Waals surface area contributed by atoms with Gasteiger partial charge in [-0.05, 0) is 53.6 Å². The lowest BCUT2D eigenvalue weighted by atomic mass is 9.99. The highest BCUT2D eigenvalue weighted by atomic mass is 32.1. The molecule has 3 heterocycles. The summed E-state index contributed by atoms with van der Waals surface area (Å²) in [5, 5.41) is 9.90. The van der Waals surface area contributed by atoms with Crippen LogP contribution in [0.15, 0.2) is 28.3 Å². The zero-order valence-electron chi connectivity index (χ0n) is 12.6. The van der Waals surface area contributed by atoms with Crippen LogP contribution in [0.25, 0.3) is 0 Å². The Morgan fingerprint density at radius 3 is 2.81 bits per heavy atom. The van der Waals surface area contributed by atoms with Gasteiger partial charge in [0.05, 0.1) is 5.54 Å². The van der Waals surface area contributed by atoms with Crippen molar-refractivity contribution in [3.63, 3.8) is 0 Å². The average Bonchev–Trinajstić information content (AvgIpc) is 3.17. The molecule has 1 aliphatic heterocycles. The van der Waals surface area contributed by atoms with Gasteiger partial charge in [0, 0.05) is 11.4 Å². The minimum atomic E-state index is -0.460. The zero-order valence-corrected chi connectivity index (χ0v) is 14.2. The predicted molar refractivity (Wildman–Crippen MR) is 88.5 cm³/mol. The third-order valence-corrected chi connectivity index (χ3v) is 6.16. The predicted octanol–water partition coefficient (Wildman–Crippen LogP) is 3.92. The van der Waals surface area contributed by atoms with Crippen molar-refractivity contribution in [3.05, 3.63) is 44.3 Å². The van der Waals surface area contributed by atoms with Crippen LogP contribution in [-0.2, 0) is 11.3 Å². The van der Waals surface area contributed by atoms with E-state index >= 15 is 0 Å². The van der Waals surface area contributed by atoms with E-state index in [4.69, 9.17) is 0 Å². The second-order valence-corrected chi connectivity index (χ2v) is 7.48. The van der Waals surface area contributed by atoms with Gasteiger partial charge >= 0.3 is 0 Å². The van der Waals surface area contributed by atoms with Crippen molar-refractivity contribution >= 4 is 28.6 Å². The van der Waals surface area contributed by atoms with Crippen molar-refractivity contribution in [1.29, 1.82) is 0 Å². The summed E-state index contributed by atoms with van der Waals surface area (Å²) in [6.07, 6.45) is 0.786. The molecular weight excluding hydrogens is 300 g/mol. The molecule has 21 heavy (non-hydrogen) atoms. The number of nitrogens with zero attached hydrogens (tertiary/aromatic N) is 1. The number of rotatable bonds is 4. The fourth-order valence-corrected chi connectivity index (χ4v) is 4.33. The number of thiophene rings is 2. The monoisotopic (exact) mass is 320 g/mol. The second kappa shape index (κ2) is 5.55. The maximum absolute atomic E-state index is 12.9. The fourth-order valence-electron chi connectivity index (χ4n) is 2.70. The van der Waals surface area contributed by atoms with Crippen molar-refractivity contribution in [1.82, 2.24) is 10.2 Å². The molecule has 1 N–H and O–H groups in total. The van der Waals surface area contributed by atoms with Crippen molar-refractivity contribution in [3.8, 4) is 0 Å². The van der Waals surface area contributed by atoms with E-state index in [0.717, 1.165) is 6.42 Å². The number of nitrogens with one attached hydrogen (secondary N) is 1. The molecule has 1 amide bonds. The summed E-state index contributed by atoms with van der Waals surface area (Å²) >= 11 is 3.40. The van der Waals surface area contributed by atoms with Crippen LogP contribution in [0.3, 0.4) is 0 Å². The molecule has 5 heteroatoms. The Labute approximate surface area is 133 Å². The van der Waals surface area contributed by atoms with E-state index in [9.17, 15) is 4.79 Å². The third-order valence-electron chi connectivity index (χ3n) is 4.32. The molecule has 0 spiro atoms. The molecule has 0 aromatic carbocycles. The number of hydrogen-bond acceptors (Lipinski definition) is 4. The lowest BCUT2D eigenvalue weighted by Crippen LogP contribution is -2.42. The normalized spacial score (nSPS) is 25.8. The van der Waals surface area contributed by atoms with Gasteiger partial charge in [-0.25, -0.2) is 0 Å². The molecule has 1 aliphatic rings. The summed E-state index contributed by atoms with van der Waals surface area (Å²) in [6, 6.07) is 4.15. The van der Waals surface area contributed by atoms with Crippen molar-refractivity contribution in [2.75, 3.05) is 0 Å². The van der Waals surface area contributed by atoms with Gasteiger partial charge in [0.1, 0.15) is 6.17 Å². The Morgan fingerprint density at radius 2 is 2.24 bits per heavy atom. The van der Waals surface area contributed by atoms with Gasteiger partial charge in [-0.3, -0.25) is 10.1 Å². The summed E-state index contributed by atoms with van der Waals surface area (Å²) in [7, 11) is 0. The van der Waals surface area contributed by atoms with Gasteiger partial charge in [-0.2, -0.15) is 11.3 Å². The van der Waals surface area contributed by atoms with Crippen LogP contribution >= 0.6 is 22.7 Å². The third kappa shape index (κ3) is 2.54. The highest BCUT2D eigenvalue weighted by Gasteiger charge is 2.47. The lowest BCUT2D eigenvalue weighted by Gasteiger charge is -2.23. The molecule has 0 saturated carbocycles. The van der Waals surface area contributed by atoms with Gasteiger partial charge in [0.25, 0.3) is 0 Å². The summed E-state index contributed by atoms with van der Waals surface area (Å²) in [6.45, 7) is 6.87. The fraction of sp³-hybridized carbons (Fsp3) is 0.438. The first-order valence-electron chi connectivity index (χ1n) is 7.19. The Kier molecular flexibility index (Phi) is 3.90. The molecule has 2 unspecified atom stereocenters. The largest absolute Gasteiger partial charge is 0.316 e. The van der Waals surface area contributed by atoms with E-state index in [0.29, 0.717) is 6.54 Å². The second-order valence-electron chi connectivity index (χ2n) is 5.76. The van der Waals surface area contributed by atoms with Crippen LogP contribution in [0, 0.1) is 6.92 Å². The summed E-state index contributed by atoms with van der Waals surface area (Å²) < 4.78 is 0. The number of aryl methyl sites for hydroxylation is 1. The molecule has 2 aromatic heterocycles. The Hall–Kier alpha value is -1.17. The molecule has 0 radical (unpaired) electrons. The van der Waals surface area contributed by atoms with Crippen LogP contribution in [0.1, 0.15) is 42.4 Å². The van der Waals surface area contributed by atoms with Crippen molar-refractivity contribution in [2.45, 2.75) is 45.4 Å². The lowest BCUT2D eigenvalue weighted by molar-refractivity contribution is -0.133. The van der Waals surface area contributed by atoms with Crippen LogP contribution in [-0.4, -0.2) is 16.3 Å². The van der Waals surface area contributed by atoms with E-state index in [1.54, 1.807) is 22.7 Å². The van der Waals surface area contributed by atoms with Crippen LogP contribution < -0.4 is 5.32 Å². The quantitative estimate of drug-likeness (QED) is 0.926. The standard InChI is InChI=1S/C16H20N2OS2/c1-4-16(3)15(19)18(8-12-10-20-9-11(12)2)14(17-16)13-6-5-7-21-13/h5-7,9-10,14,17H,4,8H2,1-3H3. The van der Waals surface area contributed by atoms with Crippen LogP contribution in [0.4, 0.5) is 0 Å².